The maximum atomic E-state index is 11.7. The van der Waals surface area contributed by atoms with Crippen LogP contribution in [0.15, 0.2) is 34.4 Å². The zero-order chi connectivity index (χ0) is 11.7. The lowest BCUT2D eigenvalue weighted by atomic mass is 10.2. The SMILES string of the molecule is CN1C(=O)/C(=C\c2ccc(Br)cc2)NC1=S. The third-order valence-electron chi connectivity index (χ3n) is 2.26. The lowest BCUT2D eigenvalue weighted by molar-refractivity contribution is -0.121. The second kappa shape index (κ2) is 4.35. The summed E-state index contributed by atoms with van der Waals surface area (Å²) in [5.41, 5.74) is 1.46. The van der Waals surface area contributed by atoms with Gasteiger partial charge in [0, 0.05) is 11.5 Å². The van der Waals surface area contributed by atoms with E-state index in [2.05, 4.69) is 21.2 Å². The van der Waals surface area contributed by atoms with Crippen LogP contribution in [0.4, 0.5) is 0 Å². The molecular weight excluding hydrogens is 288 g/mol. The van der Waals surface area contributed by atoms with Crippen molar-refractivity contribution in [2.75, 3.05) is 7.05 Å². The summed E-state index contributed by atoms with van der Waals surface area (Å²) in [5, 5.41) is 3.31. The van der Waals surface area contributed by atoms with Crippen LogP contribution in [0.25, 0.3) is 6.08 Å². The van der Waals surface area contributed by atoms with Gasteiger partial charge in [-0.2, -0.15) is 0 Å². The molecule has 1 aromatic carbocycles. The standard InChI is InChI=1S/C11H9BrN2OS/c1-14-10(15)9(13-11(14)16)6-7-2-4-8(12)5-3-7/h2-6H,1H3,(H,13,16)/b9-6+. The second-order valence-electron chi connectivity index (χ2n) is 3.40. The number of amides is 1. The lowest BCUT2D eigenvalue weighted by Crippen LogP contribution is -2.25. The molecule has 0 aliphatic carbocycles. The predicted molar refractivity (Wildman–Crippen MR) is 70.6 cm³/mol. The number of carbonyl (C=O) groups is 1. The Bertz CT molecular complexity index is 481. The van der Waals surface area contributed by atoms with Gasteiger partial charge in [-0.15, -0.1) is 0 Å². The monoisotopic (exact) mass is 296 g/mol. The van der Waals surface area contributed by atoms with Crippen LogP contribution in [-0.2, 0) is 4.79 Å². The topological polar surface area (TPSA) is 32.3 Å². The van der Waals surface area contributed by atoms with Gasteiger partial charge in [0.05, 0.1) is 0 Å². The molecule has 0 radical (unpaired) electrons. The van der Waals surface area contributed by atoms with Crippen molar-refractivity contribution < 1.29 is 4.79 Å². The Balaban J connectivity index is 2.29. The molecule has 0 aromatic heterocycles. The zero-order valence-electron chi connectivity index (χ0n) is 8.53. The molecule has 1 aliphatic rings. The van der Waals surface area contributed by atoms with Gasteiger partial charge in [-0.1, -0.05) is 28.1 Å². The molecule has 0 bridgehead atoms. The van der Waals surface area contributed by atoms with Crippen molar-refractivity contribution in [3.63, 3.8) is 0 Å². The fourth-order valence-electron chi connectivity index (χ4n) is 1.35. The van der Waals surface area contributed by atoms with Crippen LogP contribution < -0.4 is 5.32 Å². The highest BCUT2D eigenvalue weighted by Crippen LogP contribution is 2.15. The summed E-state index contributed by atoms with van der Waals surface area (Å²) in [5.74, 6) is -0.104. The fraction of sp³-hybridized carbons (Fsp3) is 0.0909. The average molecular weight is 297 g/mol. The number of carbonyl (C=O) groups excluding carboxylic acids is 1. The number of hydrogen-bond donors (Lipinski definition) is 1. The maximum absolute atomic E-state index is 11.7. The van der Waals surface area contributed by atoms with Crippen molar-refractivity contribution in [1.29, 1.82) is 0 Å². The van der Waals surface area contributed by atoms with Crippen molar-refractivity contribution in [3.05, 3.63) is 40.0 Å². The quantitative estimate of drug-likeness (QED) is 0.637. The van der Waals surface area contributed by atoms with E-state index in [1.807, 2.05) is 24.3 Å². The van der Waals surface area contributed by atoms with Crippen LogP contribution in [0.1, 0.15) is 5.56 Å². The molecule has 82 valence electrons. The van der Waals surface area contributed by atoms with Gasteiger partial charge in [0.2, 0.25) is 0 Å². The fourth-order valence-corrected chi connectivity index (χ4v) is 1.81. The summed E-state index contributed by atoms with van der Waals surface area (Å²) < 4.78 is 1.01. The third kappa shape index (κ3) is 2.15. The number of thiocarbonyl (C=S) groups is 1. The van der Waals surface area contributed by atoms with E-state index in [9.17, 15) is 4.79 Å². The van der Waals surface area contributed by atoms with Crippen molar-refractivity contribution in [3.8, 4) is 0 Å². The van der Waals surface area contributed by atoms with E-state index < -0.39 is 0 Å². The Kier molecular flexibility index (Phi) is 3.07. The highest BCUT2D eigenvalue weighted by molar-refractivity contribution is 9.10. The highest BCUT2D eigenvalue weighted by Gasteiger charge is 2.26. The molecule has 1 saturated heterocycles. The molecule has 3 nitrogen and oxygen atoms in total. The van der Waals surface area contributed by atoms with E-state index in [-0.39, 0.29) is 5.91 Å². The van der Waals surface area contributed by atoms with E-state index in [1.54, 1.807) is 13.1 Å². The first-order valence-electron chi connectivity index (χ1n) is 4.64. The van der Waals surface area contributed by atoms with Crippen molar-refractivity contribution >= 4 is 45.2 Å². The summed E-state index contributed by atoms with van der Waals surface area (Å²) in [6.45, 7) is 0. The summed E-state index contributed by atoms with van der Waals surface area (Å²) >= 11 is 8.34. The molecule has 5 heteroatoms. The van der Waals surface area contributed by atoms with Gasteiger partial charge < -0.3 is 5.32 Å². The van der Waals surface area contributed by atoms with E-state index in [4.69, 9.17) is 12.2 Å². The molecule has 0 saturated carbocycles. The Morgan fingerprint density at radius 3 is 2.50 bits per heavy atom. The normalized spacial score (nSPS) is 18.1. The number of hydrogen-bond acceptors (Lipinski definition) is 2. The van der Waals surface area contributed by atoms with E-state index in [1.165, 1.54) is 4.90 Å². The van der Waals surface area contributed by atoms with Gasteiger partial charge in [-0.25, -0.2) is 0 Å². The van der Waals surface area contributed by atoms with Gasteiger partial charge in [-0.3, -0.25) is 9.69 Å². The smallest absolute Gasteiger partial charge is 0.276 e. The van der Waals surface area contributed by atoms with E-state index >= 15 is 0 Å². The molecule has 1 heterocycles. The number of nitrogens with zero attached hydrogens (tertiary/aromatic N) is 1. The third-order valence-corrected chi connectivity index (χ3v) is 3.17. The second-order valence-corrected chi connectivity index (χ2v) is 4.71. The molecule has 1 aliphatic heterocycles. The van der Waals surface area contributed by atoms with Gasteiger partial charge in [0.25, 0.3) is 5.91 Å². The minimum absolute atomic E-state index is 0.104. The summed E-state index contributed by atoms with van der Waals surface area (Å²) in [6.07, 6.45) is 1.78. The number of rotatable bonds is 1. The van der Waals surface area contributed by atoms with Gasteiger partial charge in [0.15, 0.2) is 5.11 Å². The number of halogens is 1. The molecule has 0 unspecified atom stereocenters. The van der Waals surface area contributed by atoms with Crippen molar-refractivity contribution in [1.82, 2.24) is 10.2 Å². The van der Waals surface area contributed by atoms with E-state index in [0.717, 1.165) is 10.0 Å². The molecular formula is C11H9BrN2OS. The molecule has 1 aromatic rings. The molecule has 0 atom stereocenters. The summed E-state index contributed by atoms with van der Waals surface area (Å²) in [4.78, 5) is 13.1. The van der Waals surface area contributed by atoms with Crippen LogP contribution >= 0.6 is 28.1 Å². The van der Waals surface area contributed by atoms with Crippen LogP contribution in [0.3, 0.4) is 0 Å². The van der Waals surface area contributed by atoms with Gasteiger partial charge in [0.1, 0.15) is 5.70 Å². The van der Waals surface area contributed by atoms with Crippen LogP contribution in [0.5, 0.6) is 0 Å². The van der Waals surface area contributed by atoms with Crippen LogP contribution in [0, 0.1) is 0 Å². The number of nitrogens with one attached hydrogen (secondary N) is 1. The van der Waals surface area contributed by atoms with Crippen LogP contribution in [-0.4, -0.2) is 23.0 Å². The van der Waals surface area contributed by atoms with E-state index in [0.29, 0.717) is 10.8 Å². The van der Waals surface area contributed by atoms with Crippen molar-refractivity contribution in [2.45, 2.75) is 0 Å². The summed E-state index contributed by atoms with van der Waals surface area (Å²) in [7, 11) is 1.65. The molecule has 2 rings (SSSR count). The Morgan fingerprint density at radius 1 is 1.38 bits per heavy atom. The predicted octanol–water partition coefficient (Wildman–Crippen LogP) is 2.14. The van der Waals surface area contributed by atoms with Crippen molar-refractivity contribution in [2.24, 2.45) is 0 Å². The first-order chi connectivity index (χ1) is 7.58. The van der Waals surface area contributed by atoms with Gasteiger partial charge >= 0.3 is 0 Å². The molecule has 1 fully saturated rings. The highest BCUT2D eigenvalue weighted by atomic mass is 79.9. The van der Waals surface area contributed by atoms with Gasteiger partial charge in [-0.05, 0) is 36.0 Å². The largest absolute Gasteiger partial charge is 0.328 e. The maximum Gasteiger partial charge on any atom is 0.276 e. The average Bonchev–Trinajstić information content (AvgIpc) is 2.50. The first-order valence-corrected chi connectivity index (χ1v) is 5.84. The molecule has 0 spiro atoms. The van der Waals surface area contributed by atoms with Crippen LogP contribution in [0.2, 0.25) is 0 Å². The molecule has 1 amide bonds. The minimum Gasteiger partial charge on any atom is -0.328 e. The molecule has 1 N–H and O–H groups in total. The number of benzene rings is 1. The zero-order valence-corrected chi connectivity index (χ0v) is 10.9. The Morgan fingerprint density at radius 2 is 2.00 bits per heavy atom. The first kappa shape index (κ1) is 11.3. The minimum atomic E-state index is -0.104. The summed E-state index contributed by atoms with van der Waals surface area (Å²) in [6, 6.07) is 7.70. The molecule has 16 heavy (non-hydrogen) atoms. The lowest BCUT2D eigenvalue weighted by Gasteiger charge is -2.02. The Hall–Kier alpha value is -1.20. The Labute approximate surface area is 107 Å². The number of likely N-dealkylation sites (N-methyl/N-ethyl adjacent to an activating group) is 1.